The molecule has 0 bridgehead atoms. The van der Waals surface area contributed by atoms with Gasteiger partial charge < -0.3 is 27.1 Å². The first-order valence-corrected chi connectivity index (χ1v) is 14.5. The van der Waals surface area contributed by atoms with E-state index in [1.165, 1.54) is 39.2 Å². The van der Waals surface area contributed by atoms with Gasteiger partial charge in [0.1, 0.15) is 0 Å². The third-order valence-corrected chi connectivity index (χ3v) is 7.10. The van der Waals surface area contributed by atoms with Crippen LogP contribution in [0.2, 0.25) is 0 Å². The molecule has 3 nitrogen and oxygen atoms in total. The largest absolute Gasteiger partial charge is 2.00 e. The number of anilines is 2. The molecule has 41 heavy (non-hydrogen) atoms. The quantitative estimate of drug-likeness (QED) is 0.197. The van der Waals surface area contributed by atoms with E-state index >= 15 is 0 Å². The van der Waals surface area contributed by atoms with Crippen LogP contribution in [0.5, 0.6) is 0 Å². The molecule has 3 aromatic rings. The maximum absolute atomic E-state index is 3.16. The molecule has 4 rings (SSSR count). The molecule has 0 aliphatic carbocycles. The molecule has 0 amide bonds. The van der Waals surface area contributed by atoms with Crippen LogP contribution in [0.1, 0.15) is 107 Å². The van der Waals surface area contributed by atoms with Crippen molar-refractivity contribution < 1.29 is 32.8 Å². The van der Waals surface area contributed by atoms with E-state index in [4.69, 9.17) is 0 Å². The molecule has 0 atom stereocenters. The number of nitrogens with zero attached hydrogens (tertiary/aromatic N) is 3. The Hall–Kier alpha value is -2.09. The van der Waals surface area contributed by atoms with Crippen LogP contribution in [0.15, 0.2) is 73.1 Å². The van der Waals surface area contributed by atoms with Gasteiger partial charge in [-0.1, -0.05) is 91.8 Å². The summed E-state index contributed by atoms with van der Waals surface area (Å²) in [5.74, 6) is 1.92. The van der Waals surface area contributed by atoms with Crippen molar-refractivity contribution in [3.8, 4) is 0 Å². The zero-order valence-electron chi connectivity index (χ0n) is 26.6. The Morgan fingerprint density at radius 1 is 0.634 bits per heavy atom. The van der Waals surface area contributed by atoms with Gasteiger partial charge in [0, 0.05) is 17.9 Å². The maximum Gasteiger partial charge on any atom is 2.00 e. The summed E-state index contributed by atoms with van der Waals surface area (Å²) in [4.78, 5) is 6.78. The van der Waals surface area contributed by atoms with Gasteiger partial charge in [-0.05, 0) is 72.4 Å². The summed E-state index contributed by atoms with van der Waals surface area (Å²) in [6.45, 7) is 21.5. The number of benzene rings is 3. The van der Waals surface area contributed by atoms with Gasteiger partial charge in [-0.15, -0.1) is 12.2 Å². The van der Waals surface area contributed by atoms with Gasteiger partial charge in [-0.2, -0.15) is 30.3 Å². The van der Waals surface area contributed by atoms with E-state index < -0.39 is 0 Å². The third-order valence-electron chi connectivity index (χ3n) is 7.10. The first kappa shape index (κ1) is 36.9. The van der Waals surface area contributed by atoms with Gasteiger partial charge >= 0.3 is 20.4 Å². The minimum absolute atomic E-state index is 0. The van der Waals surface area contributed by atoms with E-state index in [1.54, 1.807) is 0 Å². The molecule has 1 heterocycles. The minimum atomic E-state index is 0. The number of halogens is 1. The summed E-state index contributed by atoms with van der Waals surface area (Å²) in [5.41, 5.74) is 9.53. The Balaban J connectivity index is 0.000000596. The maximum atomic E-state index is 3.16. The first-order chi connectivity index (χ1) is 18.5. The molecule has 0 saturated heterocycles. The summed E-state index contributed by atoms with van der Waals surface area (Å²) >= 11 is 0. The number of para-hydroxylation sites is 2. The second kappa shape index (κ2) is 17.1. The number of rotatable bonds is 8. The molecular weight excluding hydrogens is 616 g/mol. The number of hydrogen-bond donors (Lipinski definition) is 0. The van der Waals surface area contributed by atoms with Gasteiger partial charge in [0.05, 0.1) is 0 Å². The van der Waals surface area contributed by atoms with E-state index in [9.17, 15) is 0 Å². The Morgan fingerprint density at radius 2 is 1.02 bits per heavy atom. The van der Waals surface area contributed by atoms with Gasteiger partial charge in [0.2, 0.25) is 0 Å². The van der Waals surface area contributed by atoms with Crippen LogP contribution in [0.25, 0.3) is 0 Å². The summed E-state index contributed by atoms with van der Waals surface area (Å²) in [6, 6.07) is 24.7. The van der Waals surface area contributed by atoms with Crippen LogP contribution < -0.4 is 22.2 Å². The van der Waals surface area contributed by atoms with Crippen molar-refractivity contribution in [2.75, 3.05) is 23.9 Å². The molecule has 0 radical (unpaired) electrons. The summed E-state index contributed by atoms with van der Waals surface area (Å²) in [6.07, 6.45) is 4.43. The summed E-state index contributed by atoms with van der Waals surface area (Å²) < 4.78 is 0. The normalized spacial score (nSPS) is 12.7. The summed E-state index contributed by atoms with van der Waals surface area (Å²) in [7, 11) is 4.11. The molecule has 0 spiro atoms. The summed E-state index contributed by atoms with van der Waals surface area (Å²) in [5, 5.41) is 0. The van der Waals surface area contributed by atoms with Crippen molar-refractivity contribution in [3.05, 3.63) is 114 Å². The van der Waals surface area contributed by atoms with Crippen molar-refractivity contribution in [2.24, 2.45) is 0 Å². The fraction of sp³-hybridized carbons (Fsp3) is 0.417. The van der Waals surface area contributed by atoms with Crippen LogP contribution in [0, 0.1) is 12.7 Å². The molecule has 5 heteroatoms. The van der Waals surface area contributed by atoms with Gasteiger partial charge in [0.25, 0.3) is 0 Å². The van der Waals surface area contributed by atoms with Crippen molar-refractivity contribution in [2.45, 2.75) is 85.6 Å². The predicted molar refractivity (Wildman–Crippen MR) is 170 cm³/mol. The van der Waals surface area contributed by atoms with E-state index in [0.717, 1.165) is 6.54 Å². The molecule has 0 fully saturated rings. The predicted octanol–water partition coefficient (Wildman–Crippen LogP) is 6.65. The zero-order chi connectivity index (χ0) is 28.7. The Morgan fingerprint density at radius 3 is 1.32 bits per heavy atom. The molecule has 0 saturated carbocycles. The third kappa shape index (κ3) is 9.72. The fourth-order valence-electron chi connectivity index (χ4n) is 5.11. The molecular formula is C36H49ClN3Pd-. The van der Waals surface area contributed by atoms with Gasteiger partial charge in [0.15, 0.2) is 0 Å². The van der Waals surface area contributed by atoms with Gasteiger partial charge in [-0.25, -0.2) is 0 Å². The minimum Gasteiger partial charge on any atom is -1.00 e. The molecule has 0 N–H and O–H groups in total. The van der Waals surface area contributed by atoms with Gasteiger partial charge in [-0.3, -0.25) is 0 Å². The Labute approximate surface area is 271 Å². The topological polar surface area (TPSA) is 9.72 Å². The van der Waals surface area contributed by atoms with E-state index in [1.807, 2.05) is 18.2 Å². The van der Waals surface area contributed by atoms with Crippen molar-refractivity contribution in [1.29, 1.82) is 0 Å². The Bertz CT molecular complexity index is 1090. The van der Waals surface area contributed by atoms with Crippen LogP contribution in [0.4, 0.5) is 11.4 Å². The Kier molecular flexibility index (Phi) is 15.4. The van der Waals surface area contributed by atoms with Crippen LogP contribution in [0.3, 0.4) is 0 Å². The molecule has 1 aliphatic rings. The van der Waals surface area contributed by atoms with Crippen LogP contribution >= 0.6 is 0 Å². The average Bonchev–Trinajstić information content (AvgIpc) is 3.38. The standard InChI is InChI=1S/C27H37N2.C9H12N.ClH.Pd/c1-18(2)22-11-9-12-23(19(3)4)26(22)28-15-16-29(17-28)27-24(20(5)6)13-10-14-25(27)21(7)8;1-10(2)8-9-6-4-3-5-7-9;;/h9-21H,1-8H3;3-6H,8H2,1-2H3;1H;/q2*-1;;+2/p-1. The average molecular weight is 666 g/mol. The van der Waals surface area contributed by atoms with Crippen molar-refractivity contribution in [3.63, 3.8) is 0 Å². The van der Waals surface area contributed by atoms with Crippen molar-refractivity contribution >= 4 is 11.4 Å². The van der Waals surface area contributed by atoms with Crippen molar-refractivity contribution in [1.82, 2.24) is 4.90 Å². The number of hydrogen-bond acceptors (Lipinski definition) is 3. The molecule has 226 valence electrons. The SMILES string of the molecule is CC(C)c1cccc(C(C)C)c1N1C=CN(c2c(C(C)C)cccc2C(C)C)[CH-]1.CN(C)Cc1[c-]cccc1.[Cl-].[Pd+2]. The molecule has 1 aliphatic heterocycles. The zero-order valence-corrected chi connectivity index (χ0v) is 28.9. The second-order valence-corrected chi connectivity index (χ2v) is 12.0. The van der Waals surface area contributed by atoms with Crippen LogP contribution in [-0.2, 0) is 27.0 Å². The fourth-order valence-corrected chi connectivity index (χ4v) is 5.11. The smallest absolute Gasteiger partial charge is 1.00 e. The van der Waals surface area contributed by atoms with Crippen LogP contribution in [-0.4, -0.2) is 19.0 Å². The molecule has 0 aromatic heterocycles. The second-order valence-electron chi connectivity index (χ2n) is 12.0. The molecule has 0 unspecified atom stereocenters. The molecule has 3 aromatic carbocycles. The van der Waals surface area contributed by atoms with E-state index in [-0.39, 0.29) is 32.8 Å². The van der Waals surface area contributed by atoms with E-state index in [0.29, 0.717) is 23.7 Å². The first-order valence-electron chi connectivity index (χ1n) is 14.5. The van der Waals surface area contributed by atoms with E-state index in [2.05, 4.69) is 152 Å². The monoisotopic (exact) mass is 664 g/mol.